The molecule has 0 saturated carbocycles. The Morgan fingerprint density at radius 3 is 2.75 bits per heavy atom. The molecule has 1 heterocycles. The summed E-state index contributed by atoms with van der Waals surface area (Å²) in [5.74, 6) is 1.05. The van der Waals surface area contributed by atoms with Crippen LogP contribution in [0.4, 0.5) is 8.78 Å². The highest BCUT2D eigenvalue weighted by Gasteiger charge is 2.27. The van der Waals surface area contributed by atoms with E-state index in [2.05, 4.69) is 20.4 Å². The van der Waals surface area contributed by atoms with Crippen LogP contribution in [-0.4, -0.2) is 46.1 Å². The first kappa shape index (κ1) is 18.4. The maximum absolute atomic E-state index is 12.4. The van der Waals surface area contributed by atoms with Gasteiger partial charge in [0.05, 0.1) is 11.5 Å². The molecule has 1 aliphatic heterocycles. The lowest BCUT2D eigenvalue weighted by molar-refractivity contribution is -0.0504. The minimum Gasteiger partial charge on any atom is -0.434 e. The number of sulfone groups is 1. The number of halogens is 2. The van der Waals surface area contributed by atoms with Gasteiger partial charge in [0.1, 0.15) is 5.75 Å². The fraction of sp³-hybridized carbons (Fsp3) is 0.533. The Kier molecular flexibility index (Phi) is 6.36. The molecule has 1 unspecified atom stereocenters. The minimum atomic E-state index is -2.91. The molecule has 6 nitrogen and oxygen atoms in total. The molecule has 9 heteroatoms. The van der Waals surface area contributed by atoms with Gasteiger partial charge in [0.2, 0.25) is 0 Å². The Bertz CT molecular complexity index is 680. The number of nitrogens with one attached hydrogen (secondary N) is 2. The van der Waals surface area contributed by atoms with E-state index in [1.54, 1.807) is 25.2 Å². The van der Waals surface area contributed by atoms with E-state index in [0.29, 0.717) is 24.5 Å². The van der Waals surface area contributed by atoms with Crippen LogP contribution in [0, 0.1) is 5.92 Å². The molecule has 0 amide bonds. The summed E-state index contributed by atoms with van der Waals surface area (Å²) in [6, 6.07) is 6.51. The number of rotatable bonds is 6. The zero-order valence-electron chi connectivity index (χ0n) is 13.3. The van der Waals surface area contributed by atoms with Crippen LogP contribution in [0.1, 0.15) is 12.0 Å². The van der Waals surface area contributed by atoms with Crippen molar-refractivity contribution in [1.29, 1.82) is 0 Å². The summed E-state index contributed by atoms with van der Waals surface area (Å²) in [6.07, 6.45) is 0.636. The zero-order chi connectivity index (χ0) is 17.6. The average Bonchev–Trinajstić information content (AvgIpc) is 2.87. The van der Waals surface area contributed by atoms with Crippen molar-refractivity contribution in [3.05, 3.63) is 29.8 Å². The number of nitrogens with zero attached hydrogens (tertiary/aromatic N) is 1. The van der Waals surface area contributed by atoms with Gasteiger partial charge in [-0.2, -0.15) is 8.78 Å². The van der Waals surface area contributed by atoms with E-state index in [-0.39, 0.29) is 29.7 Å². The first-order chi connectivity index (χ1) is 11.4. The fourth-order valence-electron chi connectivity index (χ4n) is 2.53. The summed E-state index contributed by atoms with van der Waals surface area (Å²) in [5.41, 5.74) is 0.573. The molecule has 2 rings (SSSR count). The van der Waals surface area contributed by atoms with Crippen molar-refractivity contribution in [2.45, 2.75) is 19.6 Å². The third kappa shape index (κ3) is 5.63. The summed E-state index contributed by atoms with van der Waals surface area (Å²) in [6.45, 7) is -2.13. The van der Waals surface area contributed by atoms with Gasteiger partial charge in [0.25, 0.3) is 0 Å². The molecule has 1 saturated heterocycles. The van der Waals surface area contributed by atoms with Crippen molar-refractivity contribution < 1.29 is 21.9 Å². The molecule has 1 aromatic carbocycles. The van der Waals surface area contributed by atoms with E-state index in [1.807, 2.05) is 0 Å². The lowest BCUT2D eigenvalue weighted by Gasteiger charge is -2.16. The van der Waals surface area contributed by atoms with Crippen molar-refractivity contribution in [3.63, 3.8) is 0 Å². The van der Waals surface area contributed by atoms with Crippen molar-refractivity contribution in [3.8, 4) is 5.75 Å². The van der Waals surface area contributed by atoms with Gasteiger partial charge in [-0.05, 0) is 18.4 Å². The van der Waals surface area contributed by atoms with Gasteiger partial charge in [-0.25, -0.2) is 8.42 Å². The number of alkyl halides is 2. The van der Waals surface area contributed by atoms with E-state index in [0.717, 1.165) is 0 Å². The van der Waals surface area contributed by atoms with Crippen molar-refractivity contribution in [1.82, 2.24) is 10.6 Å². The van der Waals surface area contributed by atoms with E-state index in [9.17, 15) is 17.2 Å². The van der Waals surface area contributed by atoms with Crippen LogP contribution in [0.3, 0.4) is 0 Å². The quantitative estimate of drug-likeness (QED) is 0.591. The van der Waals surface area contributed by atoms with E-state index < -0.39 is 16.4 Å². The van der Waals surface area contributed by atoms with Crippen LogP contribution in [0.15, 0.2) is 29.3 Å². The van der Waals surface area contributed by atoms with Gasteiger partial charge < -0.3 is 15.4 Å². The maximum atomic E-state index is 12.4. The second-order valence-corrected chi connectivity index (χ2v) is 7.79. The van der Waals surface area contributed by atoms with Crippen molar-refractivity contribution in [2.75, 3.05) is 25.1 Å². The van der Waals surface area contributed by atoms with Crippen molar-refractivity contribution in [2.24, 2.45) is 10.9 Å². The molecule has 134 valence electrons. The van der Waals surface area contributed by atoms with Crippen LogP contribution in [0.2, 0.25) is 0 Å². The normalized spacial score (nSPS) is 20.2. The average molecular weight is 361 g/mol. The van der Waals surface area contributed by atoms with Gasteiger partial charge in [0, 0.05) is 25.7 Å². The lowest BCUT2D eigenvalue weighted by atomic mass is 10.1. The summed E-state index contributed by atoms with van der Waals surface area (Å²) >= 11 is 0. The smallest absolute Gasteiger partial charge is 0.387 e. The Morgan fingerprint density at radius 2 is 2.12 bits per heavy atom. The van der Waals surface area contributed by atoms with Crippen LogP contribution in [-0.2, 0) is 16.4 Å². The molecule has 1 aromatic rings. The maximum Gasteiger partial charge on any atom is 0.387 e. The molecular formula is C15H21F2N3O3S. The Balaban J connectivity index is 1.86. The third-order valence-corrected chi connectivity index (χ3v) is 5.58. The molecule has 0 aromatic heterocycles. The highest BCUT2D eigenvalue weighted by atomic mass is 32.2. The summed E-state index contributed by atoms with van der Waals surface area (Å²) < 4.78 is 52.1. The largest absolute Gasteiger partial charge is 0.434 e. The second-order valence-electron chi connectivity index (χ2n) is 5.56. The van der Waals surface area contributed by atoms with Crippen LogP contribution < -0.4 is 15.4 Å². The highest BCUT2D eigenvalue weighted by Crippen LogP contribution is 2.20. The Hall–Kier alpha value is -1.90. The molecule has 2 N–H and O–H groups in total. The summed E-state index contributed by atoms with van der Waals surface area (Å²) in [4.78, 5) is 4.05. The third-order valence-electron chi connectivity index (χ3n) is 3.74. The summed E-state index contributed by atoms with van der Waals surface area (Å²) in [5, 5.41) is 6.07. The van der Waals surface area contributed by atoms with E-state index in [4.69, 9.17) is 0 Å². The predicted octanol–water partition coefficient (Wildman–Crippen LogP) is 1.39. The molecule has 0 aliphatic carbocycles. The number of benzene rings is 1. The Morgan fingerprint density at radius 1 is 1.38 bits per heavy atom. The first-order valence-corrected chi connectivity index (χ1v) is 9.39. The fourth-order valence-corrected chi connectivity index (χ4v) is 4.40. The monoisotopic (exact) mass is 361 g/mol. The van der Waals surface area contributed by atoms with Crippen LogP contribution in [0.5, 0.6) is 5.75 Å². The van der Waals surface area contributed by atoms with Gasteiger partial charge in [-0.1, -0.05) is 18.2 Å². The first-order valence-electron chi connectivity index (χ1n) is 7.57. The molecular weight excluding hydrogens is 340 g/mol. The van der Waals surface area contributed by atoms with Crippen LogP contribution >= 0.6 is 0 Å². The zero-order valence-corrected chi connectivity index (χ0v) is 14.2. The molecule has 24 heavy (non-hydrogen) atoms. The molecule has 1 atom stereocenters. The molecule has 0 bridgehead atoms. The van der Waals surface area contributed by atoms with Gasteiger partial charge in [-0.3, -0.25) is 4.99 Å². The molecule has 0 radical (unpaired) electrons. The second kappa shape index (κ2) is 8.27. The SMILES string of the molecule is CN=C(NCc1ccccc1OC(F)F)NCC1CCS(=O)(=O)C1. The Labute approximate surface area is 140 Å². The molecule has 0 spiro atoms. The van der Waals surface area contributed by atoms with E-state index in [1.165, 1.54) is 6.07 Å². The topological polar surface area (TPSA) is 79.8 Å². The van der Waals surface area contributed by atoms with Gasteiger partial charge >= 0.3 is 6.61 Å². The van der Waals surface area contributed by atoms with Gasteiger partial charge in [-0.15, -0.1) is 0 Å². The minimum absolute atomic E-state index is 0.0583. The number of ether oxygens (including phenoxy) is 1. The van der Waals surface area contributed by atoms with E-state index >= 15 is 0 Å². The number of hydrogen-bond acceptors (Lipinski definition) is 4. The summed E-state index contributed by atoms with van der Waals surface area (Å²) in [7, 11) is -1.32. The molecule has 1 aliphatic rings. The number of hydrogen-bond donors (Lipinski definition) is 2. The standard InChI is InChI=1S/C15H21F2N3O3S/c1-18-15(19-8-11-6-7-24(21,22)10-11)20-9-12-4-2-3-5-13(12)23-14(16)17/h2-5,11,14H,6-10H2,1H3,(H2,18,19,20). The van der Waals surface area contributed by atoms with Crippen LogP contribution in [0.25, 0.3) is 0 Å². The van der Waals surface area contributed by atoms with Crippen molar-refractivity contribution >= 4 is 15.8 Å². The number of guanidine groups is 1. The number of para-hydroxylation sites is 1. The lowest BCUT2D eigenvalue weighted by Crippen LogP contribution is -2.39. The van der Waals surface area contributed by atoms with Gasteiger partial charge in [0.15, 0.2) is 15.8 Å². The predicted molar refractivity (Wildman–Crippen MR) is 88.0 cm³/mol. The highest BCUT2D eigenvalue weighted by molar-refractivity contribution is 7.91. The number of aliphatic imine (C=N–C) groups is 1. The molecule has 1 fully saturated rings.